The van der Waals surface area contributed by atoms with Crippen molar-refractivity contribution in [3.05, 3.63) is 77.5 Å². The molecule has 130 valence electrons. The van der Waals surface area contributed by atoms with Gasteiger partial charge in [-0.3, -0.25) is 9.48 Å². The number of carbonyl (C=O) groups excluding carboxylic acids is 1. The second kappa shape index (κ2) is 7.38. The van der Waals surface area contributed by atoms with Gasteiger partial charge in [-0.1, -0.05) is 30.3 Å². The Morgan fingerprint density at radius 2 is 2.00 bits per heavy atom. The molecule has 2 heterocycles. The highest BCUT2D eigenvalue weighted by Crippen LogP contribution is 2.29. The molecule has 0 fully saturated rings. The zero-order valence-electron chi connectivity index (χ0n) is 14.8. The maximum Gasteiger partial charge on any atom is 0.223 e. The molecule has 1 aromatic carbocycles. The Bertz CT molecular complexity index is 822. The first-order chi connectivity index (χ1) is 12.0. The summed E-state index contributed by atoms with van der Waals surface area (Å²) in [6.45, 7) is 2.52. The molecule has 1 amide bonds. The summed E-state index contributed by atoms with van der Waals surface area (Å²) in [7, 11) is 3.72. The first-order valence-corrected chi connectivity index (χ1v) is 8.36. The van der Waals surface area contributed by atoms with Gasteiger partial charge >= 0.3 is 0 Å². The molecule has 25 heavy (non-hydrogen) atoms. The molecule has 3 rings (SSSR count). The van der Waals surface area contributed by atoms with E-state index in [2.05, 4.69) is 5.10 Å². The number of amides is 1. The summed E-state index contributed by atoms with van der Waals surface area (Å²) in [4.78, 5) is 14.6. The second-order valence-electron chi connectivity index (χ2n) is 6.35. The van der Waals surface area contributed by atoms with Gasteiger partial charge in [0.15, 0.2) is 0 Å². The van der Waals surface area contributed by atoms with Gasteiger partial charge in [0.05, 0.1) is 17.9 Å². The van der Waals surface area contributed by atoms with Crippen LogP contribution in [0.2, 0.25) is 0 Å². The molecule has 0 radical (unpaired) electrons. The Balaban J connectivity index is 1.75. The summed E-state index contributed by atoms with van der Waals surface area (Å²) in [5, 5.41) is 4.34. The van der Waals surface area contributed by atoms with Crippen LogP contribution >= 0.6 is 0 Å². The number of furan rings is 1. The van der Waals surface area contributed by atoms with Gasteiger partial charge in [-0.25, -0.2) is 0 Å². The molecule has 0 N–H and O–H groups in total. The molecule has 0 spiro atoms. The first-order valence-electron chi connectivity index (χ1n) is 8.36. The zero-order valence-corrected chi connectivity index (χ0v) is 14.8. The third-order valence-electron chi connectivity index (χ3n) is 4.42. The Kier molecular flexibility index (Phi) is 5.03. The summed E-state index contributed by atoms with van der Waals surface area (Å²) in [6, 6.07) is 13.8. The lowest BCUT2D eigenvalue weighted by atomic mass is 9.92. The Morgan fingerprint density at radius 3 is 2.60 bits per heavy atom. The average Bonchev–Trinajstić information content (AvgIpc) is 3.23. The molecule has 0 saturated carbocycles. The molecule has 5 heteroatoms. The second-order valence-corrected chi connectivity index (χ2v) is 6.35. The van der Waals surface area contributed by atoms with Crippen LogP contribution in [0.15, 0.2) is 59.3 Å². The first kappa shape index (κ1) is 17.0. The molecule has 0 saturated heterocycles. The third-order valence-corrected chi connectivity index (χ3v) is 4.42. The molecule has 0 aliphatic heterocycles. The van der Waals surface area contributed by atoms with Crippen molar-refractivity contribution in [3.63, 3.8) is 0 Å². The highest BCUT2D eigenvalue weighted by molar-refractivity contribution is 5.77. The van der Waals surface area contributed by atoms with Crippen LogP contribution < -0.4 is 0 Å². The lowest BCUT2D eigenvalue weighted by Gasteiger charge is -2.21. The van der Waals surface area contributed by atoms with E-state index in [4.69, 9.17) is 4.42 Å². The summed E-state index contributed by atoms with van der Waals surface area (Å²) >= 11 is 0. The molecule has 1 atom stereocenters. The van der Waals surface area contributed by atoms with E-state index in [-0.39, 0.29) is 11.8 Å². The maximum absolute atomic E-state index is 12.8. The van der Waals surface area contributed by atoms with E-state index in [0.29, 0.717) is 13.0 Å². The lowest BCUT2D eigenvalue weighted by molar-refractivity contribution is -0.130. The van der Waals surface area contributed by atoms with Crippen LogP contribution in [0.5, 0.6) is 0 Å². The summed E-state index contributed by atoms with van der Waals surface area (Å²) in [6.07, 6.45) is 3.98. The van der Waals surface area contributed by atoms with Crippen molar-refractivity contribution >= 4 is 5.91 Å². The smallest absolute Gasteiger partial charge is 0.223 e. The largest absolute Gasteiger partial charge is 0.469 e. The minimum atomic E-state index is -0.0823. The van der Waals surface area contributed by atoms with E-state index in [1.54, 1.807) is 15.8 Å². The zero-order chi connectivity index (χ0) is 17.8. The third kappa shape index (κ3) is 3.99. The fourth-order valence-electron chi connectivity index (χ4n) is 3.04. The van der Waals surface area contributed by atoms with Crippen LogP contribution in [0.25, 0.3) is 0 Å². The minimum absolute atomic E-state index is 0.0773. The molecule has 5 nitrogen and oxygen atoms in total. The standard InChI is InChI=1S/C20H23N3O2/c1-15-17(14-23(3)21-15)13-22(2)20(24)12-18(19-10-7-11-25-19)16-8-5-4-6-9-16/h4-11,14,18H,12-13H2,1-3H3/t18-/m1/s1. The van der Waals surface area contributed by atoms with Crippen LogP contribution in [0, 0.1) is 6.92 Å². The Hall–Kier alpha value is -2.82. The van der Waals surface area contributed by atoms with Crippen molar-refractivity contribution in [2.75, 3.05) is 7.05 Å². The number of aromatic nitrogens is 2. The van der Waals surface area contributed by atoms with Gasteiger partial charge in [0.1, 0.15) is 5.76 Å². The summed E-state index contributed by atoms with van der Waals surface area (Å²) in [5.41, 5.74) is 3.09. The fourth-order valence-corrected chi connectivity index (χ4v) is 3.04. The van der Waals surface area contributed by atoms with Crippen molar-refractivity contribution in [1.82, 2.24) is 14.7 Å². The van der Waals surface area contributed by atoms with Crippen LogP contribution in [-0.4, -0.2) is 27.6 Å². The van der Waals surface area contributed by atoms with Gasteiger partial charge < -0.3 is 9.32 Å². The summed E-state index contributed by atoms with van der Waals surface area (Å²) in [5.74, 6) is 0.806. The van der Waals surface area contributed by atoms with Crippen molar-refractivity contribution < 1.29 is 9.21 Å². The number of hydrogen-bond acceptors (Lipinski definition) is 3. The lowest BCUT2D eigenvalue weighted by Crippen LogP contribution is -2.28. The number of rotatable bonds is 6. The molecule has 0 bridgehead atoms. The topological polar surface area (TPSA) is 51.3 Å². The van der Waals surface area contributed by atoms with Gasteiger partial charge in [0, 0.05) is 38.8 Å². The van der Waals surface area contributed by atoms with E-state index in [9.17, 15) is 4.79 Å². The molecule has 2 aromatic heterocycles. The van der Waals surface area contributed by atoms with E-state index in [0.717, 1.165) is 22.6 Å². The molecule has 0 unspecified atom stereocenters. The average molecular weight is 337 g/mol. The molecular weight excluding hydrogens is 314 g/mol. The number of aryl methyl sites for hydroxylation is 2. The normalized spacial score (nSPS) is 12.1. The van der Waals surface area contributed by atoms with Crippen LogP contribution in [0.4, 0.5) is 0 Å². The van der Waals surface area contributed by atoms with Crippen LogP contribution in [-0.2, 0) is 18.4 Å². The van der Waals surface area contributed by atoms with E-state index >= 15 is 0 Å². The van der Waals surface area contributed by atoms with Gasteiger partial charge in [-0.2, -0.15) is 5.10 Å². The SMILES string of the molecule is Cc1nn(C)cc1CN(C)C(=O)C[C@H](c1ccccc1)c1ccco1. The molecule has 0 aliphatic rings. The number of benzene rings is 1. The van der Waals surface area contributed by atoms with Crippen molar-refractivity contribution in [1.29, 1.82) is 0 Å². The van der Waals surface area contributed by atoms with E-state index in [1.807, 2.05) is 69.7 Å². The molecule has 0 aliphatic carbocycles. The van der Waals surface area contributed by atoms with Gasteiger partial charge in [0.25, 0.3) is 0 Å². The van der Waals surface area contributed by atoms with Crippen LogP contribution in [0.3, 0.4) is 0 Å². The van der Waals surface area contributed by atoms with Crippen molar-refractivity contribution in [2.45, 2.75) is 25.8 Å². The minimum Gasteiger partial charge on any atom is -0.469 e. The quantitative estimate of drug-likeness (QED) is 0.692. The van der Waals surface area contributed by atoms with Crippen molar-refractivity contribution in [3.8, 4) is 0 Å². The van der Waals surface area contributed by atoms with Gasteiger partial charge in [-0.15, -0.1) is 0 Å². The number of hydrogen-bond donors (Lipinski definition) is 0. The number of carbonyl (C=O) groups is 1. The monoisotopic (exact) mass is 337 g/mol. The highest BCUT2D eigenvalue weighted by atomic mass is 16.3. The van der Waals surface area contributed by atoms with E-state index < -0.39 is 0 Å². The van der Waals surface area contributed by atoms with Gasteiger partial charge in [-0.05, 0) is 24.6 Å². The summed E-state index contributed by atoms with van der Waals surface area (Å²) < 4.78 is 7.36. The fraction of sp³-hybridized carbons (Fsp3) is 0.300. The number of nitrogens with zero attached hydrogens (tertiary/aromatic N) is 3. The van der Waals surface area contributed by atoms with Gasteiger partial charge in [0.2, 0.25) is 5.91 Å². The predicted molar refractivity (Wildman–Crippen MR) is 96.0 cm³/mol. The predicted octanol–water partition coefficient (Wildman–Crippen LogP) is 3.50. The maximum atomic E-state index is 12.8. The van der Waals surface area contributed by atoms with Crippen molar-refractivity contribution in [2.24, 2.45) is 7.05 Å². The molecular formula is C20H23N3O2. The molecule has 3 aromatic rings. The van der Waals surface area contributed by atoms with Crippen LogP contribution in [0.1, 0.15) is 34.9 Å². The van der Waals surface area contributed by atoms with E-state index in [1.165, 1.54) is 0 Å². The Labute approximate surface area is 147 Å². The Morgan fingerprint density at radius 1 is 1.24 bits per heavy atom. The highest BCUT2D eigenvalue weighted by Gasteiger charge is 2.23.